The molecule has 0 aliphatic heterocycles. The molecular formula is C14H14ClN3O2. The van der Waals surface area contributed by atoms with Gasteiger partial charge in [-0.05, 0) is 17.7 Å². The first-order valence-electron chi connectivity index (χ1n) is 6.00. The fourth-order valence-corrected chi connectivity index (χ4v) is 1.86. The van der Waals surface area contributed by atoms with Gasteiger partial charge in [-0.2, -0.15) is 5.10 Å². The largest absolute Gasteiger partial charge is 0.508 e. The van der Waals surface area contributed by atoms with Gasteiger partial charge >= 0.3 is 0 Å². The quantitative estimate of drug-likeness (QED) is 0.830. The molecule has 0 amide bonds. The molecule has 0 aliphatic carbocycles. The van der Waals surface area contributed by atoms with E-state index in [0.29, 0.717) is 18.8 Å². The van der Waals surface area contributed by atoms with E-state index in [1.54, 1.807) is 30.3 Å². The van der Waals surface area contributed by atoms with Gasteiger partial charge in [0.2, 0.25) is 0 Å². The lowest BCUT2D eigenvalue weighted by Crippen LogP contribution is -2.23. The van der Waals surface area contributed by atoms with Crippen molar-refractivity contribution in [1.29, 1.82) is 0 Å². The van der Waals surface area contributed by atoms with E-state index in [4.69, 9.17) is 11.6 Å². The third-order valence-electron chi connectivity index (χ3n) is 2.71. The van der Waals surface area contributed by atoms with Crippen molar-refractivity contribution < 1.29 is 5.11 Å². The number of anilines is 1. The third-order valence-corrected chi connectivity index (χ3v) is 3.07. The van der Waals surface area contributed by atoms with Crippen LogP contribution in [-0.4, -0.2) is 14.9 Å². The minimum atomic E-state index is -0.359. The molecule has 0 aliphatic rings. The Balaban J connectivity index is 2.14. The lowest BCUT2D eigenvalue weighted by molar-refractivity contribution is 0.475. The number of allylic oxidation sites excluding steroid dienone is 1. The van der Waals surface area contributed by atoms with Crippen LogP contribution in [0.25, 0.3) is 0 Å². The summed E-state index contributed by atoms with van der Waals surface area (Å²) < 4.78 is 1.24. The molecule has 0 radical (unpaired) electrons. The van der Waals surface area contributed by atoms with E-state index in [-0.39, 0.29) is 16.3 Å². The summed E-state index contributed by atoms with van der Waals surface area (Å²) in [6.07, 6.45) is 3.09. The van der Waals surface area contributed by atoms with Crippen molar-refractivity contribution in [3.05, 3.63) is 64.1 Å². The van der Waals surface area contributed by atoms with Crippen LogP contribution in [0.4, 0.5) is 5.69 Å². The maximum atomic E-state index is 11.9. The summed E-state index contributed by atoms with van der Waals surface area (Å²) in [7, 11) is 0. The van der Waals surface area contributed by atoms with Gasteiger partial charge in [-0.3, -0.25) is 4.79 Å². The SMILES string of the molecule is C=CCn1ncc(NCc2ccc(O)cc2)c(Cl)c1=O. The standard InChI is InChI=1S/C14H14ClN3O2/c1-2-7-18-14(20)13(15)12(9-17-18)16-8-10-3-5-11(19)6-4-10/h2-6,9,16,19H,1,7-8H2. The Morgan fingerprint density at radius 3 is 2.75 bits per heavy atom. The van der Waals surface area contributed by atoms with Crippen molar-refractivity contribution >= 4 is 17.3 Å². The van der Waals surface area contributed by atoms with Crippen LogP contribution < -0.4 is 10.9 Å². The predicted octanol–water partition coefficient (Wildman–Crippen LogP) is 2.40. The summed E-state index contributed by atoms with van der Waals surface area (Å²) in [5.74, 6) is 0.209. The van der Waals surface area contributed by atoms with E-state index in [1.165, 1.54) is 10.9 Å². The summed E-state index contributed by atoms with van der Waals surface area (Å²) in [6.45, 7) is 4.35. The maximum absolute atomic E-state index is 11.9. The van der Waals surface area contributed by atoms with Gasteiger partial charge < -0.3 is 10.4 Å². The monoisotopic (exact) mass is 291 g/mol. The number of hydrogen-bond acceptors (Lipinski definition) is 4. The molecule has 2 aromatic rings. The molecule has 1 heterocycles. The Morgan fingerprint density at radius 1 is 1.40 bits per heavy atom. The summed E-state index contributed by atoms with van der Waals surface area (Å²) in [5, 5.41) is 16.3. The Kier molecular flexibility index (Phi) is 4.42. The van der Waals surface area contributed by atoms with E-state index in [9.17, 15) is 9.90 Å². The first-order chi connectivity index (χ1) is 9.61. The van der Waals surface area contributed by atoms with E-state index in [0.717, 1.165) is 5.56 Å². The normalized spacial score (nSPS) is 10.2. The van der Waals surface area contributed by atoms with Crippen molar-refractivity contribution in [3.8, 4) is 5.75 Å². The molecule has 2 N–H and O–H groups in total. The highest BCUT2D eigenvalue weighted by Crippen LogP contribution is 2.17. The second-order valence-corrected chi connectivity index (χ2v) is 4.55. The lowest BCUT2D eigenvalue weighted by Gasteiger charge is -2.09. The van der Waals surface area contributed by atoms with Gasteiger partial charge in [0.25, 0.3) is 5.56 Å². The number of hydrogen-bond donors (Lipinski definition) is 2. The topological polar surface area (TPSA) is 67.2 Å². The van der Waals surface area contributed by atoms with Gasteiger partial charge in [-0.15, -0.1) is 6.58 Å². The molecule has 6 heteroatoms. The van der Waals surface area contributed by atoms with E-state index < -0.39 is 0 Å². The van der Waals surface area contributed by atoms with Crippen molar-refractivity contribution in [2.24, 2.45) is 0 Å². The van der Waals surface area contributed by atoms with Crippen LogP contribution in [0.15, 0.2) is 47.9 Å². The van der Waals surface area contributed by atoms with Crippen LogP contribution >= 0.6 is 11.6 Å². The fourth-order valence-electron chi connectivity index (χ4n) is 1.65. The first-order valence-corrected chi connectivity index (χ1v) is 6.38. The number of phenolic OH excluding ortho intramolecular Hbond substituents is 1. The summed E-state index contributed by atoms with van der Waals surface area (Å²) >= 11 is 6.02. The van der Waals surface area contributed by atoms with E-state index >= 15 is 0 Å². The number of nitrogens with zero attached hydrogens (tertiary/aromatic N) is 2. The molecule has 104 valence electrons. The second-order valence-electron chi connectivity index (χ2n) is 4.17. The van der Waals surface area contributed by atoms with Crippen molar-refractivity contribution in [1.82, 2.24) is 9.78 Å². The number of phenols is 1. The van der Waals surface area contributed by atoms with Crippen molar-refractivity contribution in [2.75, 3.05) is 5.32 Å². The minimum absolute atomic E-state index is 0.0978. The van der Waals surface area contributed by atoms with Crippen LogP contribution in [0, 0.1) is 0 Å². The molecule has 1 aromatic heterocycles. The number of aromatic nitrogens is 2. The van der Waals surface area contributed by atoms with Gasteiger partial charge in [0, 0.05) is 6.54 Å². The number of rotatable bonds is 5. The number of benzene rings is 1. The average Bonchev–Trinajstić information content (AvgIpc) is 2.45. The van der Waals surface area contributed by atoms with Crippen LogP contribution in [0.5, 0.6) is 5.75 Å². The van der Waals surface area contributed by atoms with E-state index in [1.807, 2.05) is 0 Å². The van der Waals surface area contributed by atoms with Gasteiger partial charge in [0.05, 0.1) is 18.4 Å². The number of halogens is 1. The van der Waals surface area contributed by atoms with Gasteiger partial charge in [-0.25, -0.2) is 4.68 Å². The first kappa shape index (κ1) is 14.1. The molecule has 0 saturated carbocycles. The Bertz CT molecular complexity index is 665. The molecule has 2 rings (SSSR count). The molecule has 0 spiro atoms. The summed E-state index contributed by atoms with van der Waals surface area (Å²) in [6, 6.07) is 6.75. The molecule has 20 heavy (non-hydrogen) atoms. The van der Waals surface area contributed by atoms with Crippen molar-refractivity contribution in [2.45, 2.75) is 13.1 Å². The summed E-state index contributed by atoms with van der Waals surface area (Å²) in [4.78, 5) is 11.9. The minimum Gasteiger partial charge on any atom is -0.508 e. The van der Waals surface area contributed by atoms with Gasteiger partial charge in [-0.1, -0.05) is 29.8 Å². The second kappa shape index (κ2) is 6.25. The molecule has 0 bridgehead atoms. The predicted molar refractivity (Wildman–Crippen MR) is 79.1 cm³/mol. The van der Waals surface area contributed by atoms with Crippen molar-refractivity contribution in [3.63, 3.8) is 0 Å². The zero-order valence-corrected chi connectivity index (χ0v) is 11.5. The molecule has 0 unspecified atom stereocenters. The fraction of sp³-hybridized carbons (Fsp3) is 0.143. The highest BCUT2D eigenvalue weighted by atomic mass is 35.5. The van der Waals surface area contributed by atoms with Crippen LogP contribution in [0.1, 0.15) is 5.56 Å². The van der Waals surface area contributed by atoms with Crippen LogP contribution in [0.2, 0.25) is 5.02 Å². The Labute approximate surface area is 121 Å². The lowest BCUT2D eigenvalue weighted by atomic mass is 10.2. The highest BCUT2D eigenvalue weighted by Gasteiger charge is 2.08. The maximum Gasteiger partial charge on any atom is 0.287 e. The molecule has 0 atom stereocenters. The molecule has 0 fully saturated rings. The molecular weight excluding hydrogens is 278 g/mol. The Morgan fingerprint density at radius 2 is 2.10 bits per heavy atom. The van der Waals surface area contributed by atoms with Gasteiger partial charge in [0.15, 0.2) is 0 Å². The molecule has 1 aromatic carbocycles. The number of nitrogens with one attached hydrogen (secondary N) is 1. The number of aromatic hydroxyl groups is 1. The van der Waals surface area contributed by atoms with Crippen LogP contribution in [0.3, 0.4) is 0 Å². The highest BCUT2D eigenvalue weighted by molar-refractivity contribution is 6.32. The summed E-state index contributed by atoms with van der Waals surface area (Å²) in [5.41, 5.74) is 1.07. The van der Waals surface area contributed by atoms with Crippen LogP contribution in [-0.2, 0) is 13.1 Å². The third kappa shape index (κ3) is 3.19. The average molecular weight is 292 g/mol. The van der Waals surface area contributed by atoms with Gasteiger partial charge in [0.1, 0.15) is 10.8 Å². The molecule has 0 saturated heterocycles. The van der Waals surface area contributed by atoms with E-state index in [2.05, 4.69) is 17.0 Å². The Hall–Kier alpha value is -2.27. The molecule has 5 nitrogen and oxygen atoms in total. The zero-order valence-electron chi connectivity index (χ0n) is 10.7. The zero-order chi connectivity index (χ0) is 14.5. The smallest absolute Gasteiger partial charge is 0.287 e.